The second kappa shape index (κ2) is 5.21. The van der Waals surface area contributed by atoms with Crippen LogP contribution in [0, 0.1) is 0 Å². The van der Waals surface area contributed by atoms with Gasteiger partial charge in [-0.1, -0.05) is 13.8 Å². The number of hydrogen-bond acceptors (Lipinski definition) is 4. The Labute approximate surface area is 108 Å². The summed E-state index contributed by atoms with van der Waals surface area (Å²) >= 11 is 0. The van der Waals surface area contributed by atoms with E-state index in [1.54, 1.807) is 0 Å². The van der Waals surface area contributed by atoms with Gasteiger partial charge in [0.25, 0.3) is 11.1 Å². The summed E-state index contributed by atoms with van der Waals surface area (Å²) in [5, 5.41) is 0. The minimum Gasteiger partial charge on any atom is -0.305 e. The predicted molar refractivity (Wildman–Crippen MR) is 71.5 cm³/mol. The zero-order valence-corrected chi connectivity index (χ0v) is 11.0. The van der Waals surface area contributed by atoms with Crippen LogP contribution in [-0.4, -0.2) is 19.1 Å². The molecular weight excluding hydrogens is 248 g/mol. The van der Waals surface area contributed by atoms with Crippen molar-refractivity contribution in [3.05, 3.63) is 37.4 Å². The highest BCUT2D eigenvalue weighted by Gasteiger charge is 2.13. The Morgan fingerprint density at radius 1 is 1.11 bits per heavy atom. The molecule has 0 saturated carbocycles. The average Bonchev–Trinajstić information content (AvgIpc) is 2.39. The summed E-state index contributed by atoms with van der Waals surface area (Å²) in [7, 11) is 0. The lowest BCUT2D eigenvalue weighted by atomic mass is 10.4. The van der Waals surface area contributed by atoms with E-state index < -0.39 is 16.8 Å². The van der Waals surface area contributed by atoms with Gasteiger partial charge in [-0.2, -0.15) is 0 Å². The van der Waals surface area contributed by atoms with E-state index in [9.17, 15) is 14.4 Å². The number of aromatic nitrogens is 4. The number of H-pyrrole nitrogens is 1. The van der Waals surface area contributed by atoms with Crippen molar-refractivity contribution in [1.82, 2.24) is 19.1 Å². The van der Waals surface area contributed by atoms with E-state index in [0.29, 0.717) is 19.5 Å². The molecule has 2 heterocycles. The summed E-state index contributed by atoms with van der Waals surface area (Å²) in [5.41, 5.74) is -0.947. The lowest BCUT2D eigenvalue weighted by molar-refractivity contribution is 0.553. The average molecular weight is 264 g/mol. The van der Waals surface area contributed by atoms with Crippen molar-refractivity contribution in [2.75, 3.05) is 0 Å². The molecule has 2 rings (SSSR count). The molecule has 0 atom stereocenters. The fourth-order valence-electron chi connectivity index (χ4n) is 2.05. The Balaban J connectivity index is 2.94. The maximum atomic E-state index is 12.3. The van der Waals surface area contributed by atoms with Crippen LogP contribution in [-0.2, 0) is 13.1 Å². The van der Waals surface area contributed by atoms with Gasteiger partial charge < -0.3 is 4.98 Å². The molecule has 0 fully saturated rings. The maximum Gasteiger partial charge on any atom is 0.332 e. The molecule has 0 amide bonds. The van der Waals surface area contributed by atoms with Gasteiger partial charge in [-0.25, -0.2) is 9.78 Å². The molecule has 0 saturated heterocycles. The molecule has 0 spiro atoms. The second-order valence-corrected chi connectivity index (χ2v) is 4.34. The number of fused-ring (bicyclic) bond motifs is 1. The topological polar surface area (TPSA) is 89.8 Å². The minimum absolute atomic E-state index is 0.126. The highest BCUT2D eigenvalue weighted by molar-refractivity contribution is 5.67. The van der Waals surface area contributed by atoms with Crippen molar-refractivity contribution in [2.24, 2.45) is 0 Å². The third kappa shape index (κ3) is 2.23. The first-order valence-electron chi connectivity index (χ1n) is 6.32. The van der Waals surface area contributed by atoms with Crippen molar-refractivity contribution in [2.45, 2.75) is 39.8 Å². The highest BCUT2D eigenvalue weighted by atomic mass is 16.2. The molecule has 0 aliphatic carbocycles. The fourth-order valence-corrected chi connectivity index (χ4v) is 2.05. The van der Waals surface area contributed by atoms with Gasteiger partial charge in [0.2, 0.25) is 0 Å². The molecular formula is C12H16N4O3. The summed E-state index contributed by atoms with van der Waals surface area (Å²) < 4.78 is 2.57. The third-order valence-corrected chi connectivity index (χ3v) is 2.85. The first kappa shape index (κ1) is 13.3. The molecule has 2 aromatic rings. The Bertz CT molecular complexity index is 769. The molecule has 19 heavy (non-hydrogen) atoms. The van der Waals surface area contributed by atoms with Gasteiger partial charge in [-0.05, 0) is 12.8 Å². The Kier molecular flexibility index (Phi) is 3.64. The highest BCUT2D eigenvalue weighted by Crippen LogP contribution is 2.00. The fraction of sp³-hybridized carbons (Fsp3) is 0.500. The van der Waals surface area contributed by atoms with E-state index in [-0.39, 0.29) is 11.2 Å². The quantitative estimate of drug-likeness (QED) is 0.846. The van der Waals surface area contributed by atoms with Crippen molar-refractivity contribution in [3.8, 4) is 0 Å². The van der Waals surface area contributed by atoms with E-state index in [1.165, 1.54) is 9.13 Å². The maximum absolute atomic E-state index is 12.3. The standard InChI is InChI=1S/C12H16N4O3/c1-3-5-15-10-9(13-7-8(17)14-10)11(18)16(6-4-2)12(15)19/h7H,3-6H2,1-2H3,(H,14,17). The van der Waals surface area contributed by atoms with Crippen molar-refractivity contribution in [1.29, 1.82) is 0 Å². The molecule has 2 aromatic heterocycles. The number of aromatic amines is 1. The van der Waals surface area contributed by atoms with Crippen LogP contribution in [0.25, 0.3) is 11.2 Å². The van der Waals surface area contributed by atoms with Gasteiger partial charge in [-0.3, -0.25) is 18.7 Å². The van der Waals surface area contributed by atoms with Crippen LogP contribution in [0.3, 0.4) is 0 Å². The van der Waals surface area contributed by atoms with Crippen LogP contribution in [0.1, 0.15) is 26.7 Å². The van der Waals surface area contributed by atoms with Crippen LogP contribution in [0.4, 0.5) is 0 Å². The number of nitrogens with zero attached hydrogens (tertiary/aromatic N) is 3. The molecule has 1 N–H and O–H groups in total. The summed E-state index contributed by atoms with van der Waals surface area (Å²) in [6.07, 6.45) is 2.45. The zero-order chi connectivity index (χ0) is 14.0. The minimum atomic E-state index is -0.453. The number of hydrogen-bond donors (Lipinski definition) is 1. The van der Waals surface area contributed by atoms with Crippen molar-refractivity contribution >= 4 is 11.2 Å². The van der Waals surface area contributed by atoms with Gasteiger partial charge in [0.05, 0.1) is 6.20 Å². The molecule has 0 bridgehead atoms. The summed E-state index contributed by atoms with van der Waals surface area (Å²) in [4.78, 5) is 42.2. The van der Waals surface area contributed by atoms with Crippen LogP contribution < -0.4 is 16.8 Å². The van der Waals surface area contributed by atoms with Gasteiger partial charge in [0.15, 0.2) is 5.52 Å². The van der Waals surface area contributed by atoms with E-state index in [1.807, 2.05) is 13.8 Å². The smallest absolute Gasteiger partial charge is 0.305 e. The molecule has 0 aliphatic heterocycles. The Morgan fingerprint density at radius 3 is 2.37 bits per heavy atom. The lowest BCUT2D eigenvalue weighted by Crippen LogP contribution is -2.41. The van der Waals surface area contributed by atoms with E-state index in [4.69, 9.17) is 0 Å². The number of rotatable bonds is 4. The lowest BCUT2D eigenvalue weighted by Gasteiger charge is -2.11. The van der Waals surface area contributed by atoms with Crippen LogP contribution in [0.5, 0.6) is 0 Å². The summed E-state index contributed by atoms with van der Waals surface area (Å²) in [6.45, 7) is 4.58. The van der Waals surface area contributed by atoms with Crippen molar-refractivity contribution in [3.63, 3.8) is 0 Å². The third-order valence-electron chi connectivity index (χ3n) is 2.85. The monoisotopic (exact) mass is 264 g/mol. The molecule has 7 heteroatoms. The summed E-state index contributed by atoms with van der Waals surface area (Å²) in [6, 6.07) is 0. The Hall–Kier alpha value is -2.18. The Morgan fingerprint density at radius 2 is 1.74 bits per heavy atom. The van der Waals surface area contributed by atoms with Crippen LogP contribution in [0.15, 0.2) is 20.6 Å². The van der Waals surface area contributed by atoms with E-state index >= 15 is 0 Å². The van der Waals surface area contributed by atoms with Gasteiger partial charge in [0, 0.05) is 13.1 Å². The zero-order valence-electron chi connectivity index (χ0n) is 11.0. The molecule has 7 nitrogen and oxygen atoms in total. The SMILES string of the molecule is CCCn1c(=O)c2ncc(=O)[nH]c2n(CCC)c1=O. The normalized spacial score (nSPS) is 11.1. The van der Waals surface area contributed by atoms with Gasteiger partial charge >= 0.3 is 5.69 Å². The van der Waals surface area contributed by atoms with E-state index in [0.717, 1.165) is 12.6 Å². The first-order chi connectivity index (χ1) is 9.10. The number of aryl methyl sites for hydroxylation is 1. The summed E-state index contributed by atoms with van der Waals surface area (Å²) in [5.74, 6) is 0. The largest absolute Gasteiger partial charge is 0.332 e. The molecule has 102 valence electrons. The van der Waals surface area contributed by atoms with Crippen molar-refractivity contribution < 1.29 is 0 Å². The molecule has 0 radical (unpaired) electrons. The van der Waals surface area contributed by atoms with Gasteiger partial charge in [0.1, 0.15) is 5.65 Å². The van der Waals surface area contributed by atoms with Crippen LogP contribution >= 0.6 is 0 Å². The van der Waals surface area contributed by atoms with Crippen LogP contribution in [0.2, 0.25) is 0 Å². The first-order valence-corrected chi connectivity index (χ1v) is 6.32. The molecule has 0 aliphatic rings. The number of nitrogens with one attached hydrogen (secondary N) is 1. The van der Waals surface area contributed by atoms with Gasteiger partial charge in [-0.15, -0.1) is 0 Å². The second-order valence-electron chi connectivity index (χ2n) is 4.34. The predicted octanol–water partition coefficient (Wildman–Crippen LogP) is 0.0665. The van der Waals surface area contributed by atoms with E-state index in [2.05, 4.69) is 9.97 Å². The molecule has 0 aromatic carbocycles. The molecule has 0 unspecified atom stereocenters.